The van der Waals surface area contributed by atoms with Crippen LogP contribution < -0.4 is 11.1 Å². The number of nitrogen functional groups attached to an aromatic ring is 1. The number of carbonyl (C=O) groups is 1. The van der Waals surface area contributed by atoms with Crippen LogP contribution in [0.3, 0.4) is 0 Å². The lowest BCUT2D eigenvalue weighted by Crippen LogP contribution is -2.38. The van der Waals surface area contributed by atoms with E-state index in [0.29, 0.717) is 17.6 Å². The zero-order valence-corrected chi connectivity index (χ0v) is 14.6. The van der Waals surface area contributed by atoms with E-state index < -0.39 is 0 Å². The van der Waals surface area contributed by atoms with Gasteiger partial charge in [0.1, 0.15) is 6.04 Å². The minimum Gasteiger partial charge on any atom is -0.468 e. The number of carbonyl (C=O) groups excluding carboxylic acids is 1. The number of aryl methyl sites for hydroxylation is 1. The van der Waals surface area contributed by atoms with Gasteiger partial charge in [0.05, 0.1) is 7.11 Å². The minimum atomic E-state index is -0.325. The summed E-state index contributed by atoms with van der Waals surface area (Å²) in [5.74, 6) is 0.175. The van der Waals surface area contributed by atoms with Crippen molar-refractivity contribution in [3.8, 4) is 0 Å². The number of rotatable bonds is 6. The summed E-state index contributed by atoms with van der Waals surface area (Å²) in [7, 11) is 1.44. The van der Waals surface area contributed by atoms with E-state index in [4.69, 9.17) is 10.5 Å². The molecule has 1 aromatic carbocycles. The molecule has 0 fully saturated rings. The largest absolute Gasteiger partial charge is 0.468 e. The molecular formula is C18H23N3O2S. The lowest BCUT2D eigenvalue weighted by atomic mass is 9.79. The number of fused-ring (bicyclic) bond motifs is 1. The van der Waals surface area contributed by atoms with Crippen molar-refractivity contribution in [3.63, 3.8) is 0 Å². The smallest absolute Gasteiger partial charge is 0.322 e. The summed E-state index contributed by atoms with van der Waals surface area (Å²) in [6, 6.07) is 8.23. The predicted octanol–water partition coefficient (Wildman–Crippen LogP) is 2.87. The van der Waals surface area contributed by atoms with Crippen LogP contribution in [0.4, 0.5) is 5.13 Å². The Morgan fingerprint density at radius 2 is 2.33 bits per heavy atom. The van der Waals surface area contributed by atoms with Crippen molar-refractivity contribution in [2.75, 3.05) is 12.8 Å². The van der Waals surface area contributed by atoms with Gasteiger partial charge >= 0.3 is 5.97 Å². The van der Waals surface area contributed by atoms with Gasteiger partial charge in [-0.15, -0.1) is 11.3 Å². The van der Waals surface area contributed by atoms with Gasteiger partial charge in [-0.25, -0.2) is 4.98 Å². The Bertz CT molecular complexity index is 701. The van der Waals surface area contributed by atoms with Gasteiger partial charge < -0.3 is 10.5 Å². The number of nitrogens with zero attached hydrogens (tertiary/aromatic N) is 1. The number of thiazole rings is 1. The standard InChI is InChI=1S/C18H23N3O2S/c1-23-17(22)16(20-10-14-11-21-18(19)24-14)9-13-7-4-6-12-5-2-3-8-15(12)13/h2-3,5,8,11,13,16,20H,4,6-7,9-10H2,1H3,(H2,19,21). The number of methoxy groups -OCH3 is 1. The fraction of sp³-hybridized carbons (Fsp3) is 0.444. The molecule has 24 heavy (non-hydrogen) atoms. The summed E-state index contributed by atoms with van der Waals surface area (Å²) in [5.41, 5.74) is 8.45. The van der Waals surface area contributed by atoms with Gasteiger partial charge in [0.25, 0.3) is 0 Å². The molecule has 2 unspecified atom stereocenters. The second-order valence-corrected chi connectivity index (χ2v) is 7.29. The first-order valence-electron chi connectivity index (χ1n) is 8.26. The second kappa shape index (κ2) is 7.77. The van der Waals surface area contributed by atoms with E-state index >= 15 is 0 Å². The third-order valence-electron chi connectivity index (χ3n) is 4.59. The third-order valence-corrected chi connectivity index (χ3v) is 5.42. The van der Waals surface area contributed by atoms with Crippen molar-refractivity contribution >= 4 is 22.4 Å². The number of hydrogen-bond acceptors (Lipinski definition) is 6. The Kier molecular flexibility index (Phi) is 5.48. The maximum Gasteiger partial charge on any atom is 0.322 e. The van der Waals surface area contributed by atoms with Crippen LogP contribution in [0.15, 0.2) is 30.5 Å². The molecule has 3 N–H and O–H groups in total. The van der Waals surface area contributed by atoms with Gasteiger partial charge in [-0.2, -0.15) is 0 Å². The van der Waals surface area contributed by atoms with Crippen LogP contribution in [0, 0.1) is 0 Å². The van der Waals surface area contributed by atoms with Crippen molar-refractivity contribution in [1.29, 1.82) is 0 Å². The number of nitrogens with two attached hydrogens (primary N) is 1. The van der Waals surface area contributed by atoms with Crippen LogP contribution in [-0.2, 0) is 22.5 Å². The van der Waals surface area contributed by atoms with E-state index in [1.807, 2.05) is 0 Å². The Hall–Kier alpha value is -1.92. The summed E-state index contributed by atoms with van der Waals surface area (Å²) in [4.78, 5) is 17.3. The van der Waals surface area contributed by atoms with E-state index in [1.54, 1.807) is 6.20 Å². The Morgan fingerprint density at radius 3 is 3.08 bits per heavy atom. The topological polar surface area (TPSA) is 77.2 Å². The molecule has 2 aromatic rings. The van der Waals surface area contributed by atoms with Gasteiger partial charge in [-0.3, -0.25) is 10.1 Å². The van der Waals surface area contributed by atoms with Crippen molar-refractivity contribution < 1.29 is 9.53 Å². The zero-order chi connectivity index (χ0) is 16.9. The average Bonchev–Trinajstić information content (AvgIpc) is 3.03. The number of hydrogen-bond donors (Lipinski definition) is 2. The maximum atomic E-state index is 12.2. The van der Waals surface area contributed by atoms with Crippen molar-refractivity contribution in [2.24, 2.45) is 0 Å². The van der Waals surface area contributed by atoms with Gasteiger partial charge in [-0.1, -0.05) is 24.3 Å². The molecule has 2 atom stereocenters. The van der Waals surface area contributed by atoms with E-state index in [0.717, 1.165) is 24.1 Å². The maximum absolute atomic E-state index is 12.2. The molecule has 0 amide bonds. The third kappa shape index (κ3) is 3.94. The monoisotopic (exact) mass is 345 g/mol. The van der Waals surface area contributed by atoms with Crippen LogP contribution >= 0.6 is 11.3 Å². The molecule has 0 spiro atoms. The van der Waals surface area contributed by atoms with Crippen molar-refractivity contribution in [3.05, 3.63) is 46.5 Å². The lowest BCUT2D eigenvalue weighted by molar-refractivity contribution is -0.143. The fourth-order valence-electron chi connectivity index (χ4n) is 3.42. The molecule has 0 saturated carbocycles. The van der Waals surface area contributed by atoms with Crippen LogP contribution in [0.1, 0.15) is 41.2 Å². The summed E-state index contributed by atoms with van der Waals surface area (Å²) < 4.78 is 5.00. The van der Waals surface area contributed by atoms with E-state index in [9.17, 15) is 4.79 Å². The van der Waals surface area contributed by atoms with E-state index in [-0.39, 0.29) is 12.0 Å². The summed E-state index contributed by atoms with van der Waals surface area (Å²) >= 11 is 1.44. The number of esters is 1. The highest BCUT2D eigenvalue weighted by molar-refractivity contribution is 7.15. The molecule has 1 heterocycles. The van der Waals surface area contributed by atoms with Crippen molar-refractivity contribution in [2.45, 2.75) is 44.2 Å². The molecule has 0 radical (unpaired) electrons. The molecule has 0 saturated heterocycles. The number of aromatic nitrogens is 1. The number of anilines is 1. The Labute approximate surface area is 146 Å². The van der Waals surface area contributed by atoms with E-state index in [2.05, 4.69) is 34.6 Å². The molecule has 3 rings (SSSR count). The minimum absolute atomic E-state index is 0.212. The average molecular weight is 345 g/mol. The molecule has 1 aromatic heterocycles. The van der Waals surface area contributed by atoms with Crippen LogP contribution in [-0.4, -0.2) is 24.1 Å². The molecule has 1 aliphatic carbocycles. The normalized spacial score (nSPS) is 18.0. The molecule has 1 aliphatic rings. The quantitative estimate of drug-likeness (QED) is 0.787. The van der Waals surface area contributed by atoms with E-state index in [1.165, 1.54) is 36.0 Å². The van der Waals surface area contributed by atoms with Crippen LogP contribution in [0.25, 0.3) is 0 Å². The Balaban J connectivity index is 1.69. The number of ether oxygens (including phenoxy) is 1. The molecule has 0 aliphatic heterocycles. The first-order valence-corrected chi connectivity index (χ1v) is 9.08. The molecular weight excluding hydrogens is 322 g/mol. The molecule has 5 nitrogen and oxygen atoms in total. The first-order chi connectivity index (χ1) is 11.7. The fourth-order valence-corrected chi connectivity index (χ4v) is 4.05. The summed E-state index contributed by atoms with van der Waals surface area (Å²) in [6.07, 6.45) is 5.90. The zero-order valence-electron chi connectivity index (χ0n) is 13.8. The first kappa shape index (κ1) is 16.9. The van der Waals surface area contributed by atoms with Gasteiger partial charge in [0, 0.05) is 17.6 Å². The van der Waals surface area contributed by atoms with Crippen LogP contribution in [0.2, 0.25) is 0 Å². The summed E-state index contributed by atoms with van der Waals surface area (Å²) in [6.45, 7) is 0.572. The highest BCUT2D eigenvalue weighted by atomic mass is 32.1. The SMILES string of the molecule is COC(=O)C(CC1CCCc2ccccc21)NCc1cnc(N)s1. The van der Waals surface area contributed by atoms with Crippen LogP contribution in [0.5, 0.6) is 0 Å². The van der Waals surface area contributed by atoms with Gasteiger partial charge in [-0.05, 0) is 42.7 Å². The summed E-state index contributed by atoms with van der Waals surface area (Å²) in [5, 5.41) is 3.86. The Morgan fingerprint density at radius 1 is 1.50 bits per heavy atom. The molecule has 6 heteroatoms. The van der Waals surface area contributed by atoms with Gasteiger partial charge in [0.15, 0.2) is 5.13 Å². The van der Waals surface area contributed by atoms with Crippen molar-refractivity contribution in [1.82, 2.24) is 10.3 Å². The van der Waals surface area contributed by atoms with Gasteiger partial charge in [0.2, 0.25) is 0 Å². The number of benzene rings is 1. The number of nitrogens with one attached hydrogen (secondary N) is 1. The highest BCUT2D eigenvalue weighted by Crippen LogP contribution is 2.34. The molecule has 128 valence electrons. The second-order valence-electron chi connectivity index (χ2n) is 6.15. The molecule has 0 bridgehead atoms. The highest BCUT2D eigenvalue weighted by Gasteiger charge is 2.27. The lowest BCUT2D eigenvalue weighted by Gasteiger charge is -2.28. The predicted molar refractivity (Wildman–Crippen MR) is 95.9 cm³/mol.